The van der Waals surface area contributed by atoms with Crippen LogP contribution in [0.3, 0.4) is 0 Å². The highest BCUT2D eigenvalue weighted by atomic mass is 16.3. The number of nitriles is 1. The zero-order chi connectivity index (χ0) is 16.2. The molecule has 0 atom stereocenters. The van der Waals surface area contributed by atoms with E-state index in [1.165, 1.54) is 0 Å². The number of hydrogen-bond acceptors (Lipinski definition) is 3. The highest BCUT2D eigenvalue weighted by Crippen LogP contribution is 2.20. The van der Waals surface area contributed by atoms with Crippen molar-refractivity contribution >= 4 is 16.8 Å². The number of aryl methyl sites for hydroxylation is 1. The minimum atomic E-state index is -0.102. The predicted octanol–water partition coefficient (Wildman–Crippen LogP) is 3.33. The molecule has 2 heterocycles. The highest BCUT2D eigenvalue weighted by Gasteiger charge is 2.20. The van der Waals surface area contributed by atoms with Crippen LogP contribution in [0, 0.1) is 11.3 Å². The fourth-order valence-electron chi connectivity index (χ4n) is 2.68. The van der Waals surface area contributed by atoms with Crippen molar-refractivity contribution in [2.45, 2.75) is 13.0 Å². The number of nitrogens with zero attached hydrogens (tertiary/aromatic N) is 3. The summed E-state index contributed by atoms with van der Waals surface area (Å²) in [4.78, 5) is 14.6. The van der Waals surface area contributed by atoms with Gasteiger partial charge in [-0.05, 0) is 24.3 Å². The monoisotopic (exact) mass is 307 g/mol. The Kier molecular flexibility index (Phi) is 4.15. The third kappa shape index (κ3) is 2.97. The van der Waals surface area contributed by atoms with Gasteiger partial charge in [0.2, 0.25) is 0 Å². The molecule has 0 aliphatic rings. The van der Waals surface area contributed by atoms with Gasteiger partial charge < -0.3 is 13.9 Å². The fourth-order valence-corrected chi connectivity index (χ4v) is 2.68. The van der Waals surface area contributed by atoms with Gasteiger partial charge in [0.15, 0.2) is 0 Å². The first-order chi connectivity index (χ1) is 11.2. The average molecular weight is 307 g/mol. The molecule has 0 aliphatic carbocycles. The van der Waals surface area contributed by atoms with Gasteiger partial charge in [-0.15, -0.1) is 0 Å². The lowest BCUT2D eigenvalue weighted by Crippen LogP contribution is -2.32. The van der Waals surface area contributed by atoms with Crippen LogP contribution in [0.4, 0.5) is 0 Å². The summed E-state index contributed by atoms with van der Waals surface area (Å²) in [5, 5.41) is 9.87. The highest BCUT2D eigenvalue weighted by molar-refractivity contribution is 5.98. The Hall–Kier alpha value is -3.00. The molecule has 0 unspecified atom stereocenters. The quantitative estimate of drug-likeness (QED) is 0.726. The number of fused-ring (bicyclic) bond motifs is 1. The third-order valence-corrected chi connectivity index (χ3v) is 3.88. The van der Waals surface area contributed by atoms with Crippen LogP contribution in [-0.2, 0) is 13.6 Å². The number of carbonyl (C=O) groups excluding carboxylic acids is 1. The van der Waals surface area contributed by atoms with Gasteiger partial charge in [-0.1, -0.05) is 18.2 Å². The van der Waals surface area contributed by atoms with Crippen molar-refractivity contribution in [3.63, 3.8) is 0 Å². The summed E-state index contributed by atoms with van der Waals surface area (Å²) in [5.74, 6) is 0.602. The van der Waals surface area contributed by atoms with Crippen LogP contribution in [0.1, 0.15) is 22.7 Å². The molecular formula is C18H17N3O2. The number of amides is 1. The van der Waals surface area contributed by atoms with Crippen molar-refractivity contribution in [3.8, 4) is 6.07 Å². The molecule has 0 radical (unpaired) electrons. The van der Waals surface area contributed by atoms with Crippen LogP contribution < -0.4 is 0 Å². The number of aromatic nitrogens is 1. The molecule has 0 spiro atoms. The van der Waals surface area contributed by atoms with E-state index in [9.17, 15) is 4.79 Å². The molecule has 0 bridgehead atoms. The Morgan fingerprint density at radius 3 is 2.83 bits per heavy atom. The minimum absolute atomic E-state index is 0.102. The summed E-state index contributed by atoms with van der Waals surface area (Å²) >= 11 is 0. The van der Waals surface area contributed by atoms with Crippen LogP contribution in [0.2, 0.25) is 0 Å². The van der Waals surface area contributed by atoms with E-state index in [4.69, 9.17) is 9.68 Å². The second kappa shape index (κ2) is 6.41. The lowest BCUT2D eigenvalue weighted by atomic mass is 10.2. The van der Waals surface area contributed by atoms with E-state index in [0.29, 0.717) is 24.5 Å². The van der Waals surface area contributed by atoms with Gasteiger partial charge in [0.25, 0.3) is 5.91 Å². The summed E-state index contributed by atoms with van der Waals surface area (Å²) in [7, 11) is 1.88. The lowest BCUT2D eigenvalue weighted by Gasteiger charge is -2.20. The molecule has 23 heavy (non-hydrogen) atoms. The Balaban J connectivity index is 1.92. The van der Waals surface area contributed by atoms with Gasteiger partial charge in [-0.25, -0.2) is 0 Å². The molecule has 116 valence electrons. The van der Waals surface area contributed by atoms with E-state index in [1.54, 1.807) is 17.2 Å². The van der Waals surface area contributed by atoms with Gasteiger partial charge in [0.05, 0.1) is 25.3 Å². The van der Waals surface area contributed by atoms with Gasteiger partial charge >= 0.3 is 0 Å². The smallest absolute Gasteiger partial charge is 0.270 e. The topological polar surface area (TPSA) is 62.2 Å². The Bertz CT molecular complexity index is 856. The summed E-state index contributed by atoms with van der Waals surface area (Å²) in [6.45, 7) is 0.729. The van der Waals surface area contributed by atoms with Crippen molar-refractivity contribution in [1.82, 2.24) is 9.47 Å². The lowest BCUT2D eigenvalue weighted by molar-refractivity contribution is 0.0726. The molecule has 2 aromatic heterocycles. The molecule has 5 nitrogen and oxygen atoms in total. The SMILES string of the molecule is Cn1c(C(=O)N(CCC#N)Cc2ccco2)cc2ccccc21. The van der Waals surface area contributed by atoms with E-state index in [-0.39, 0.29) is 12.3 Å². The van der Waals surface area contributed by atoms with Crippen molar-refractivity contribution in [3.05, 3.63) is 60.2 Å². The van der Waals surface area contributed by atoms with Gasteiger partial charge in [0, 0.05) is 24.5 Å². The molecule has 0 saturated carbocycles. The molecule has 5 heteroatoms. The Labute approximate surface area is 134 Å². The first-order valence-corrected chi connectivity index (χ1v) is 7.44. The van der Waals surface area contributed by atoms with Gasteiger partial charge in [-0.2, -0.15) is 5.26 Å². The second-order valence-electron chi connectivity index (χ2n) is 5.36. The zero-order valence-electron chi connectivity index (χ0n) is 12.9. The molecule has 3 aromatic rings. The van der Waals surface area contributed by atoms with Crippen molar-refractivity contribution in [2.75, 3.05) is 6.54 Å². The van der Waals surface area contributed by atoms with Gasteiger partial charge in [-0.3, -0.25) is 4.79 Å². The number of carbonyl (C=O) groups is 1. The first-order valence-electron chi connectivity index (χ1n) is 7.44. The molecular weight excluding hydrogens is 290 g/mol. The van der Waals surface area contributed by atoms with Crippen molar-refractivity contribution in [1.29, 1.82) is 5.26 Å². The van der Waals surface area contributed by atoms with Crippen LogP contribution in [-0.4, -0.2) is 21.9 Å². The van der Waals surface area contributed by atoms with Gasteiger partial charge in [0.1, 0.15) is 11.5 Å². The normalized spacial score (nSPS) is 10.6. The molecule has 0 N–H and O–H groups in total. The maximum atomic E-state index is 12.9. The van der Waals surface area contributed by atoms with E-state index in [1.807, 2.05) is 48.0 Å². The fraction of sp³-hybridized carbons (Fsp3) is 0.222. The number of benzene rings is 1. The summed E-state index contributed by atoms with van der Waals surface area (Å²) in [6, 6.07) is 15.5. The maximum absolute atomic E-state index is 12.9. The van der Waals surface area contributed by atoms with E-state index in [2.05, 4.69) is 6.07 Å². The summed E-state index contributed by atoms with van der Waals surface area (Å²) < 4.78 is 7.22. The number of hydrogen-bond donors (Lipinski definition) is 0. The molecule has 0 aliphatic heterocycles. The molecule has 1 amide bonds. The third-order valence-electron chi connectivity index (χ3n) is 3.88. The number of rotatable bonds is 5. The molecule has 1 aromatic carbocycles. The first kappa shape index (κ1) is 14.9. The van der Waals surface area contributed by atoms with E-state index in [0.717, 1.165) is 10.9 Å². The van der Waals surface area contributed by atoms with Crippen LogP contribution in [0.15, 0.2) is 53.1 Å². The number of furan rings is 1. The van der Waals surface area contributed by atoms with Crippen molar-refractivity contribution in [2.24, 2.45) is 7.05 Å². The standard InChI is InChI=1S/C18H17N3O2/c1-20-16-8-3-2-6-14(16)12-17(20)18(22)21(10-5-9-19)13-15-7-4-11-23-15/h2-4,6-8,11-12H,5,10,13H2,1H3. The Morgan fingerprint density at radius 1 is 1.30 bits per heavy atom. The van der Waals surface area contributed by atoms with Crippen LogP contribution >= 0.6 is 0 Å². The van der Waals surface area contributed by atoms with Crippen LogP contribution in [0.25, 0.3) is 10.9 Å². The molecule has 0 fully saturated rings. The van der Waals surface area contributed by atoms with E-state index >= 15 is 0 Å². The maximum Gasteiger partial charge on any atom is 0.270 e. The summed E-state index contributed by atoms with van der Waals surface area (Å²) in [6.07, 6.45) is 1.87. The largest absolute Gasteiger partial charge is 0.467 e. The molecule has 3 rings (SSSR count). The van der Waals surface area contributed by atoms with E-state index < -0.39 is 0 Å². The minimum Gasteiger partial charge on any atom is -0.467 e. The summed E-state index contributed by atoms with van der Waals surface area (Å²) in [5.41, 5.74) is 1.62. The molecule has 0 saturated heterocycles. The second-order valence-corrected chi connectivity index (χ2v) is 5.36. The average Bonchev–Trinajstić information content (AvgIpc) is 3.19. The van der Waals surface area contributed by atoms with Crippen LogP contribution in [0.5, 0.6) is 0 Å². The number of para-hydroxylation sites is 1. The predicted molar refractivity (Wildman–Crippen MR) is 86.6 cm³/mol. The van der Waals surface area contributed by atoms with Crippen molar-refractivity contribution < 1.29 is 9.21 Å². The Morgan fingerprint density at radius 2 is 2.13 bits per heavy atom. The zero-order valence-corrected chi connectivity index (χ0v) is 12.9.